The topological polar surface area (TPSA) is 88.9 Å². The van der Waals surface area contributed by atoms with Gasteiger partial charge >= 0.3 is 0 Å². The van der Waals surface area contributed by atoms with Crippen molar-refractivity contribution in [2.24, 2.45) is 0 Å². The highest BCUT2D eigenvalue weighted by atomic mass is 35.5. The number of halogens is 1. The van der Waals surface area contributed by atoms with E-state index in [-0.39, 0.29) is 6.61 Å². The Balaban J connectivity index is 1.80. The normalized spacial score (nSPS) is 15.6. The third-order valence-corrected chi connectivity index (χ3v) is 5.03. The van der Waals surface area contributed by atoms with Crippen LogP contribution >= 0.6 is 11.6 Å². The number of fused-ring (bicyclic) bond motifs is 1. The second-order valence-corrected chi connectivity index (χ2v) is 6.72. The average Bonchev–Trinajstić information content (AvgIpc) is 3.02. The monoisotopic (exact) mass is 373 g/mol. The summed E-state index contributed by atoms with van der Waals surface area (Å²) in [6.45, 7) is 3.92. The molecule has 2 aromatic heterocycles. The Morgan fingerprint density at radius 2 is 2.04 bits per heavy atom. The maximum absolute atomic E-state index is 9.34. The minimum atomic E-state index is -0.0941. The van der Waals surface area contributed by atoms with E-state index < -0.39 is 0 Å². The van der Waals surface area contributed by atoms with E-state index in [1.807, 2.05) is 22.7 Å². The number of aliphatic hydroxyl groups excluding tert-OH is 1. The number of hydrogen-bond donors (Lipinski definition) is 2. The van der Waals surface area contributed by atoms with Crippen molar-refractivity contribution >= 4 is 22.9 Å². The van der Waals surface area contributed by atoms with Crippen LogP contribution in [-0.2, 0) is 17.9 Å². The number of nitrogens with two attached hydrogens (primary N) is 1. The smallest absolute Gasteiger partial charge is 0.151 e. The fraction of sp³-hybridized carbons (Fsp3) is 0.333. The highest BCUT2D eigenvalue weighted by Crippen LogP contribution is 2.33. The summed E-state index contributed by atoms with van der Waals surface area (Å²) >= 11 is 6.28. The predicted molar refractivity (Wildman–Crippen MR) is 99.9 cm³/mol. The molecule has 8 heteroatoms. The summed E-state index contributed by atoms with van der Waals surface area (Å²) < 4.78 is 7.27. The molecule has 3 N–H and O–H groups in total. The third kappa shape index (κ3) is 3.14. The van der Waals surface area contributed by atoms with E-state index in [4.69, 9.17) is 22.1 Å². The Bertz CT molecular complexity index is 937. The fourth-order valence-electron chi connectivity index (χ4n) is 3.30. The molecule has 1 aliphatic heterocycles. The fourth-order valence-corrected chi connectivity index (χ4v) is 3.54. The Morgan fingerprint density at radius 1 is 1.23 bits per heavy atom. The standard InChI is InChI=1S/C18H20ClN5O2/c19-16-7-12(1-2-13(16)10-25)15-8-14(9-23-3-5-26-6-4-23)24-17(15)18(20)21-11-22-24/h1-2,7-8,11,25H,3-6,9-10H2,(H2,20,21,22). The van der Waals surface area contributed by atoms with Crippen LogP contribution in [0.4, 0.5) is 5.82 Å². The van der Waals surface area contributed by atoms with Crippen molar-refractivity contribution in [1.82, 2.24) is 19.5 Å². The minimum Gasteiger partial charge on any atom is -0.392 e. The van der Waals surface area contributed by atoms with Gasteiger partial charge in [0.25, 0.3) is 0 Å². The zero-order chi connectivity index (χ0) is 18.1. The van der Waals surface area contributed by atoms with Crippen LogP contribution in [0.2, 0.25) is 5.02 Å². The molecule has 0 spiro atoms. The summed E-state index contributed by atoms with van der Waals surface area (Å²) in [4.78, 5) is 6.48. The van der Waals surface area contributed by atoms with E-state index in [0.717, 1.165) is 55.2 Å². The molecule has 26 heavy (non-hydrogen) atoms. The number of aromatic nitrogens is 3. The van der Waals surface area contributed by atoms with E-state index in [0.29, 0.717) is 16.4 Å². The largest absolute Gasteiger partial charge is 0.392 e. The summed E-state index contributed by atoms with van der Waals surface area (Å²) in [5.41, 5.74) is 10.5. The van der Waals surface area contributed by atoms with Crippen LogP contribution in [0.5, 0.6) is 0 Å². The molecule has 4 rings (SSSR count). The molecular weight excluding hydrogens is 354 g/mol. The van der Waals surface area contributed by atoms with Gasteiger partial charge in [0.1, 0.15) is 11.8 Å². The summed E-state index contributed by atoms with van der Waals surface area (Å²) in [6, 6.07) is 7.67. The molecule has 3 aromatic rings. The number of nitrogen functional groups attached to an aromatic ring is 1. The number of aliphatic hydroxyl groups is 1. The van der Waals surface area contributed by atoms with Crippen molar-refractivity contribution in [1.29, 1.82) is 0 Å². The van der Waals surface area contributed by atoms with Crippen molar-refractivity contribution in [2.75, 3.05) is 32.0 Å². The number of hydrogen-bond acceptors (Lipinski definition) is 6. The molecule has 1 aliphatic rings. The first-order valence-corrected chi connectivity index (χ1v) is 8.86. The van der Waals surface area contributed by atoms with Gasteiger partial charge < -0.3 is 15.6 Å². The van der Waals surface area contributed by atoms with Gasteiger partial charge in [0.2, 0.25) is 0 Å². The number of rotatable bonds is 4. The lowest BCUT2D eigenvalue weighted by Crippen LogP contribution is -2.36. The molecular formula is C18H20ClN5O2. The van der Waals surface area contributed by atoms with Crippen LogP contribution < -0.4 is 5.73 Å². The highest BCUT2D eigenvalue weighted by molar-refractivity contribution is 6.31. The third-order valence-electron chi connectivity index (χ3n) is 4.68. The maximum Gasteiger partial charge on any atom is 0.151 e. The van der Waals surface area contributed by atoms with Crippen molar-refractivity contribution in [2.45, 2.75) is 13.2 Å². The predicted octanol–water partition coefficient (Wildman–Crippen LogP) is 1.96. The number of anilines is 1. The van der Waals surface area contributed by atoms with E-state index >= 15 is 0 Å². The molecule has 0 radical (unpaired) electrons. The van der Waals surface area contributed by atoms with E-state index in [1.165, 1.54) is 6.33 Å². The quantitative estimate of drug-likeness (QED) is 0.726. The molecule has 1 saturated heterocycles. The Morgan fingerprint density at radius 3 is 2.77 bits per heavy atom. The van der Waals surface area contributed by atoms with Crippen molar-refractivity contribution in [3.05, 3.63) is 46.9 Å². The molecule has 3 heterocycles. The Labute approximate surface area is 156 Å². The molecule has 1 aromatic carbocycles. The summed E-state index contributed by atoms with van der Waals surface area (Å²) in [5.74, 6) is 0.422. The second kappa shape index (κ2) is 7.20. The first-order chi connectivity index (χ1) is 12.7. The van der Waals surface area contributed by atoms with Crippen LogP contribution in [0.1, 0.15) is 11.3 Å². The van der Waals surface area contributed by atoms with Crippen LogP contribution in [-0.4, -0.2) is 50.9 Å². The van der Waals surface area contributed by atoms with E-state index in [2.05, 4.69) is 21.0 Å². The molecule has 1 fully saturated rings. The Hall–Kier alpha value is -2.19. The highest BCUT2D eigenvalue weighted by Gasteiger charge is 2.19. The van der Waals surface area contributed by atoms with E-state index in [1.54, 1.807) is 0 Å². The number of morpholine rings is 1. The zero-order valence-corrected chi connectivity index (χ0v) is 15.0. The first-order valence-electron chi connectivity index (χ1n) is 8.48. The first kappa shape index (κ1) is 17.2. The molecule has 0 amide bonds. The van der Waals surface area contributed by atoms with Crippen LogP contribution in [0, 0.1) is 0 Å². The van der Waals surface area contributed by atoms with Gasteiger partial charge in [-0.05, 0) is 23.3 Å². The number of ether oxygens (including phenoxy) is 1. The van der Waals surface area contributed by atoms with Gasteiger partial charge in [-0.25, -0.2) is 9.50 Å². The average molecular weight is 374 g/mol. The number of nitrogens with zero attached hydrogens (tertiary/aromatic N) is 4. The van der Waals surface area contributed by atoms with Gasteiger partial charge in [-0.1, -0.05) is 23.7 Å². The summed E-state index contributed by atoms with van der Waals surface area (Å²) in [6.07, 6.45) is 1.47. The summed E-state index contributed by atoms with van der Waals surface area (Å²) in [5, 5.41) is 14.3. The van der Waals surface area contributed by atoms with Crippen LogP contribution in [0.3, 0.4) is 0 Å². The second-order valence-electron chi connectivity index (χ2n) is 6.31. The van der Waals surface area contributed by atoms with Gasteiger partial charge in [0.05, 0.1) is 25.5 Å². The zero-order valence-electron chi connectivity index (χ0n) is 14.2. The van der Waals surface area contributed by atoms with Gasteiger partial charge in [-0.2, -0.15) is 5.10 Å². The van der Waals surface area contributed by atoms with Crippen LogP contribution in [0.25, 0.3) is 16.6 Å². The summed E-state index contributed by atoms with van der Waals surface area (Å²) in [7, 11) is 0. The maximum atomic E-state index is 9.34. The number of benzene rings is 1. The van der Waals surface area contributed by atoms with E-state index in [9.17, 15) is 5.11 Å². The molecule has 7 nitrogen and oxygen atoms in total. The lowest BCUT2D eigenvalue weighted by Gasteiger charge is -2.26. The van der Waals surface area contributed by atoms with Crippen LogP contribution in [0.15, 0.2) is 30.6 Å². The lowest BCUT2D eigenvalue weighted by atomic mass is 10.0. The van der Waals surface area contributed by atoms with Crippen molar-refractivity contribution in [3.8, 4) is 11.1 Å². The lowest BCUT2D eigenvalue weighted by molar-refractivity contribution is 0.0334. The Kier molecular flexibility index (Phi) is 4.78. The van der Waals surface area contributed by atoms with Gasteiger partial charge in [0, 0.05) is 30.2 Å². The minimum absolute atomic E-state index is 0.0941. The van der Waals surface area contributed by atoms with Crippen molar-refractivity contribution < 1.29 is 9.84 Å². The molecule has 136 valence electrons. The van der Waals surface area contributed by atoms with Gasteiger partial charge in [0.15, 0.2) is 5.82 Å². The van der Waals surface area contributed by atoms with Gasteiger partial charge in [-0.15, -0.1) is 0 Å². The van der Waals surface area contributed by atoms with Crippen molar-refractivity contribution in [3.63, 3.8) is 0 Å². The molecule has 0 atom stereocenters. The molecule has 0 bridgehead atoms. The van der Waals surface area contributed by atoms with Gasteiger partial charge in [-0.3, -0.25) is 4.90 Å². The SMILES string of the molecule is Nc1ncnn2c(CN3CCOCC3)cc(-c3ccc(CO)c(Cl)c3)c12. The molecule has 0 saturated carbocycles. The molecule has 0 aliphatic carbocycles. The molecule has 0 unspecified atom stereocenters.